The molecule has 2 N–H and O–H groups in total. The van der Waals surface area contributed by atoms with Gasteiger partial charge in [-0.1, -0.05) is 17.7 Å². The van der Waals surface area contributed by atoms with Crippen molar-refractivity contribution in [3.63, 3.8) is 0 Å². The summed E-state index contributed by atoms with van der Waals surface area (Å²) in [4.78, 5) is 6.54. The molecule has 0 unspecified atom stereocenters. The number of benzene rings is 1. The van der Waals surface area contributed by atoms with Crippen molar-refractivity contribution in [3.8, 4) is 0 Å². The van der Waals surface area contributed by atoms with Crippen LogP contribution in [0.25, 0.3) is 0 Å². The molecule has 0 spiro atoms. The fraction of sp³-hybridized carbons (Fsp3) is 0.267. The Morgan fingerprint density at radius 3 is 2.84 bits per heavy atom. The molecule has 0 radical (unpaired) electrons. The Labute approximate surface area is 119 Å². The molecule has 0 atom stereocenters. The monoisotopic (exact) mass is 275 g/mol. The first-order valence-electron chi connectivity index (χ1n) is 6.27. The van der Waals surface area contributed by atoms with Gasteiger partial charge in [-0.05, 0) is 42.9 Å². The molecule has 0 saturated carbocycles. The maximum Gasteiger partial charge on any atom is 0.0416 e. The van der Waals surface area contributed by atoms with Crippen LogP contribution in [0.1, 0.15) is 11.3 Å². The highest BCUT2D eigenvalue weighted by molar-refractivity contribution is 6.30. The zero-order valence-corrected chi connectivity index (χ0v) is 11.8. The first kappa shape index (κ1) is 13.8. The lowest BCUT2D eigenvalue weighted by Crippen LogP contribution is -2.21. The van der Waals surface area contributed by atoms with E-state index in [1.165, 1.54) is 0 Å². The third-order valence-electron chi connectivity index (χ3n) is 3.02. The van der Waals surface area contributed by atoms with Crippen molar-refractivity contribution in [2.24, 2.45) is 0 Å². The van der Waals surface area contributed by atoms with E-state index < -0.39 is 0 Å². The second-order valence-electron chi connectivity index (χ2n) is 4.65. The molecule has 0 bridgehead atoms. The van der Waals surface area contributed by atoms with Gasteiger partial charge >= 0.3 is 0 Å². The summed E-state index contributed by atoms with van der Waals surface area (Å²) >= 11 is 5.99. The highest BCUT2D eigenvalue weighted by Crippen LogP contribution is 2.19. The van der Waals surface area contributed by atoms with Crippen LogP contribution in [0.5, 0.6) is 0 Å². The Morgan fingerprint density at radius 2 is 2.11 bits per heavy atom. The molecule has 3 nitrogen and oxygen atoms in total. The number of hydrogen-bond acceptors (Lipinski definition) is 3. The Kier molecular flexibility index (Phi) is 4.77. The van der Waals surface area contributed by atoms with Gasteiger partial charge in [-0.15, -0.1) is 0 Å². The summed E-state index contributed by atoms with van der Waals surface area (Å²) in [6.07, 6.45) is 2.75. The van der Waals surface area contributed by atoms with Crippen molar-refractivity contribution in [2.45, 2.75) is 13.0 Å². The van der Waals surface area contributed by atoms with Gasteiger partial charge in [0, 0.05) is 42.1 Å². The van der Waals surface area contributed by atoms with Crippen LogP contribution in [-0.2, 0) is 13.0 Å². The van der Waals surface area contributed by atoms with Crippen molar-refractivity contribution >= 4 is 17.3 Å². The molecule has 2 aromatic rings. The quantitative estimate of drug-likeness (QED) is 0.853. The molecule has 0 saturated heterocycles. The van der Waals surface area contributed by atoms with Gasteiger partial charge in [0.2, 0.25) is 0 Å². The number of halogens is 1. The number of likely N-dealkylation sites (N-methyl/N-ethyl adjacent to an activating group) is 1. The number of nitrogens with zero attached hydrogens (tertiary/aromatic N) is 2. The van der Waals surface area contributed by atoms with Gasteiger partial charge in [-0.25, -0.2) is 0 Å². The zero-order valence-electron chi connectivity index (χ0n) is 11.0. The molecule has 0 aliphatic rings. The molecule has 4 heteroatoms. The van der Waals surface area contributed by atoms with E-state index in [9.17, 15) is 0 Å². The van der Waals surface area contributed by atoms with Gasteiger partial charge in [-0.2, -0.15) is 0 Å². The highest BCUT2D eigenvalue weighted by atomic mass is 35.5. The van der Waals surface area contributed by atoms with Gasteiger partial charge in [-0.3, -0.25) is 4.98 Å². The third kappa shape index (κ3) is 4.23. The van der Waals surface area contributed by atoms with E-state index in [4.69, 9.17) is 17.3 Å². The van der Waals surface area contributed by atoms with Gasteiger partial charge < -0.3 is 10.6 Å². The summed E-state index contributed by atoms with van der Waals surface area (Å²) in [6, 6.07) is 11.6. The Bertz CT molecular complexity index is 528. The molecule has 0 amide bonds. The van der Waals surface area contributed by atoms with Crippen molar-refractivity contribution in [1.29, 1.82) is 0 Å². The van der Waals surface area contributed by atoms with Gasteiger partial charge in [0.25, 0.3) is 0 Å². The minimum Gasteiger partial charge on any atom is -0.398 e. The molecule has 0 aliphatic heterocycles. The molecule has 0 aliphatic carbocycles. The predicted molar refractivity (Wildman–Crippen MR) is 80.1 cm³/mol. The number of pyridine rings is 1. The summed E-state index contributed by atoms with van der Waals surface area (Å²) < 4.78 is 0. The number of nitrogens with two attached hydrogens (primary N) is 1. The van der Waals surface area contributed by atoms with Crippen LogP contribution in [0.4, 0.5) is 5.69 Å². The average molecular weight is 276 g/mol. The summed E-state index contributed by atoms with van der Waals surface area (Å²) in [5.41, 5.74) is 8.90. The van der Waals surface area contributed by atoms with Crippen LogP contribution in [-0.4, -0.2) is 23.5 Å². The maximum atomic E-state index is 5.99. The minimum absolute atomic E-state index is 0.724. The van der Waals surface area contributed by atoms with Crippen LogP contribution >= 0.6 is 11.6 Å². The van der Waals surface area contributed by atoms with Crippen molar-refractivity contribution in [2.75, 3.05) is 19.3 Å². The number of nitrogen functional groups attached to an aromatic ring is 1. The maximum absolute atomic E-state index is 5.99. The summed E-state index contributed by atoms with van der Waals surface area (Å²) in [5, 5.41) is 0.724. The molecule has 2 rings (SSSR count). The molecule has 0 fully saturated rings. The van der Waals surface area contributed by atoms with Crippen molar-refractivity contribution in [1.82, 2.24) is 9.88 Å². The normalized spacial score (nSPS) is 10.9. The fourth-order valence-electron chi connectivity index (χ4n) is 1.93. The lowest BCUT2D eigenvalue weighted by Gasteiger charge is -2.17. The van der Waals surface area contributed by atoms with Crippen LogP contribution in [0.15, 0.2) is 42.6 Å². The van der Waals surface area contributed by atoms with E-state index in [-0.39, 0.29) is 0 Å². The Morgan fingerprint density at radius 1 is 1.26 bits per heavy atom. The lowest BCUT2D eigenvalue weighted by molar-refractivity contribution is 0.330. The zero-order chi connectivity index (χ0) is 13.7. The molecule has 100 valence electrons. The summed E-state index contributed by atoms with van der Waals surface area (Å²) in [6.45, 7) is 1.72. The van der Waals surface area contributed by atoms with Crippen LogP contribution in [0.2, 0.25) is 5.02 Å². The number of aromatic nitrogens is 1. The molecule has 1 aromatic heterocycles. The summed E-state index contributed by atoms with van der Waals surface area (Å²) in [5.74, 6) is 0. The van der Waals surface area contributed by atoms with Gasteiger partial charge in [0.15, 0.2) is 0 Å². The van der Waals surface area contributed by atoms with E-state index in [1.54, 1.807) is 0 Å². The van der Waals surface area contributed by atoms with E-state index in [2.05, 4.69) is 16.9 Å². The molecule has 19 heavy (non-hydrogen) atoms. The van der Waals surface area contributed by atoms with E-state index in [0.717, 1.165) is 41.5 Å². The van der Waals surface area contributed by atoms with E-state index in [0.29, 0.717) is 0 Å². The largest absolute Gasteiger partial charge is 0.398 e. The third-order valence-corrected chi connectivity index (χ3v) is 3.26. The summed E-state index contributed by atoms with van der Waals surface area (Å²) in [7, 11) is 2.07. The standard InChI is InChI=1S/C15H18ClN3/c1-19(9-7-14-4-2-3-8-18-14)11-12-10-13(16)5-6-15(12)17/h2-6,8,10H,7,9,11,17H2,1H3. The molecular formula is C15H18ClN3. The highest BCUT2D eigenvalue weighted by Gasteiger charge is 2.05. The number of rotatable bonds is 5. The molecule has 1 aromatic carbocycles. The average Bonchev–Trinajstić information content (AvgIpc) is 2.42. The predicted octanol–water partition coefficient (Wildman–Crippen LogP) is 2.99. The van der Waals surface area contributed by atoms with Gasteiger partial charge in [0.05, 0.1) is 0 Å². The second kappa shape index (κ2) is 6.55. The van der Waals surface area contributed by atoms with E-state index >= 15 is 0 Å². The van der Waals surface area contributed by atoms with Crippen LogP contribution in [0.3, 0.4) is 0 Å². The second-order valence-corrected chi connectivity index (χ2v) is 5.09. The smallest absolute Gasteiger partial charge is 0.0416 e. The minimum atomic E-state index is 0.724. The van der Waals surface area contributed by atoms with E-state index in [1.807, 2.05) is 42.6 Å². The number of anilines is 1. The SMILES string of the molecule is CN(CCc1ccccn1)Cc1cc(Cl)ccc1N. The Balaban J connectivity index is 1.90. The topological polar surface area (TPSA) is 42.2 Å². The van der Waals surface area contributed by atoms with Crippen molar-refractivity contribution in [3.05, 3.63) is 58.9 Å². The van der Waals surface area contributed by atoms with Crippen LogP contribution < -0.4 is 5.73 Å². The Hall–Kier alpha value is -1.58. The molecule has 1 heterocycles. The molecular weight excluding hydrogens is 258 g/mol. The van der Waals surface area contributed by atoms with Gasteiger partial charge in [0.1, 0.15) is 0 Å². The van der Waals surface area contributed by atoms with Crippen LogP contribution in [0, 0.1) is 0 Å². The number of hydrogen-bond donors (Lipinski definition) is 1. The lowest BCUT2D eigenvalue weighted by atomic mass is 10.1. The first-order valence-corrected chi connectivity index (χ1v) is 6.65. The fourth-order valence-corrected chi connectivity index (χ4v) is 2.13. The van der Waals surface area contributed by atoms with Crippen molar-refractivity contribution < 1.29 is 0 Å². The first-order chi connectivity index (χ1) is 9.15.